The van der Waals surface area contributed by atoms with Crippen molar-refractivity contribution in [3.05, 3.63) is 29.3 Å². The number of sulfonamides is 1. The van der Waals surface area contributed by atoms with Crippen LogP contribution in [0.4, 0.5) is 8.78 Å². The molecule has 0 saturated carbocycles. The number of benzene rings is 1. The van der Waals surface area contributed by atoms with E-state index in [0.717, 1.165) is 10.4 Å². The van der Waals surface area contributed by atoms with Gasteiger partial charge in [-0.15, -0.1) is 0 Å². The van der Waals surface area contributed by atoms with Crippen molar-refractivity contribution in [1.82, 2.24) is 4.31 Å². The minimum Gasteiger partial charge on any atom is -0.393 e. The van der Waals surface area contributed by atoms with Gasteiger partial charge in [0.2, 0.25) is 10.0 Å². The lowest BCUT2D eigenvalue weighted by Crippen LogP contribution is -2.31. The van der Waals surface area contributed by atoms with Gasteiger partial charge in [0.1, 0.15) is 16.5 Å². The normalized spacial score (nSPS) is 22.1. The summed E-state index contributed by atoms with van der Waals surface area (Å²) in [4.78, 5) is -0.511. The Morgan fingerprint density at radius 1 is 1.35 bits per heavy atom. The fourth-order valence-electron chi connectivity index (χ4n) is 2.33. The van der Waals surface area contributed by atoms with Crippen LogP contribution < -0.4 is 0 Å². The minimum atomic E-state index is -3.99. The molecule has 0 spiro atoms. The van der Waals surface area contributed by atoms with Crippen molar-refractivity contribution in [2.75, 3.05) is 13.1 Å². The third-order valence-corrected chi connectivity index (χ3v) is 5.58. The smallest absolute Gasteiger partial charge is 0.246 e. The van der Waals surface area contributed by atoms with E-state index in [2.05, 4.69) is 0 Å². The number of aliphatic hydroxyl groups excluding tert-OH is 1. The zero-order valence-corrected chi connectivity index (χ0v) is 12.1. The second-order valence-corrected chi connectivity index (χ2v) is 7.09. The maximum Gasteiger partial charge on any atom is 0.246 e. The largest absolute Gasteiger partial charge is 0.393 e. The number of nitrogens with zero attached hydrogens (tertiary/aromatic N) is 1. The molecule has 0 aliphatic carbocycles. The summed E-state index contributed by atoms with van der Waals surface area (Å²) in [5.74, 6) is -2.02. The Kier molecular flexibility index (Phi) is 4.13. The molecule has 112 valence electrons. The maximum absolute atomic E-state index is 13.7. The van der Waals surface area contributed by atoms with Crippen LogP contribution in [0, 0.1) is 24.5 Å². The van der Waals surface area contributed by atoms with Crippen molar-refractivity contribution in [2.24, 2.45) is 5.92 Å². The molecule has 0 bridgehead atoms. The van der Waals surface area contributed by atoms with Crippen LogP contribution >= 0.6 is 0 Å². The van der Waals surface area contributed by atoms with Crippen molar-refractivity contribution in [1.29, 1.82) is 0 Å². The van der Waals surface area contributed by atoms with E-state index in [1.807, 2.05) is 0 Å². The lowest BCUT2D eigenvalue weighted by molar-refractivity contribution is 0.133. The van der Waals surface area contributed by atoms with Gasteiger partial charge in [-0.25, -0.2) is 17.2 Å². The third kappa shape index (κ3) is 2.70. The van der Waals surface area contributed by atoms with Crippen molar-refractivity contribution >= 4 is 10.0 Å². The van der Waals surface area contributed by atoms with Crippen LogP contribution in [0.2, 0.25) is 0 Å². The van der Waals surface area contributed by atoms with Gasteiger partial charge in [-0.1, -0.05) is 0 Å². The van der Waals surface area contributed by atoms with Crippen LogP contribution in [-0.4, -0.2) is 37.0 Å². The van der Waals surface area contributed by atoms with Crippen LogP contribution in [0.25, 0.3) is 0 Å². The average molecular weight is 305 g/mol. The highest BCUT2D eigenvalue weighted by Crippen LogP contribution is 2.28. The lowest BCUT2D eigenvalue weighted by Gasteiger charge is -2.18. The predicted molar refractivity (Wildman–Crippen MR) is 69.6 cm³/mol. The van der Waals surface area contributed by atoms with E-state index in [4.69, 9.17) is 0 Å². The number of hydrogen-bond donors (Lipinski definition) is 1. The van der Waals surface area contributed by atoms with Gasteiger partial charge in [0.05, 0.1) is 6.10 Å². The van der Waals surface area contributed by atoms with E-state index >= 15 is 0 Å². The highest BCUT2D eigenvalue weighted by Gasteiger charge is 2.36. The van der Waals surface area contributed by atoms with Gasteiger partial charge in [0, 0.05) is 19.2 Å². The SMILES string of the molecule is Cc1cc(S(=O)(=O)N2CCC(C(C)O)C2)c(F)cc1F. The van der Waals surface area contributed by atoms with E-state index < -0.39 is 32.7 Å². The molecule has 2 unspecified atom stereocenters. The van der Waals surface area contributed by atoms with E-state index in [-0.39, 0.29) is 24.6 Å². The van der Waals surface area contributed by atoms with E-state index in [1.165, 1.54) is 6.92 Å². The van der Waals surface area contributed by atoms with Crippen LogP contribution in [0.15, 0.2) is 17.0 Å². The van der Waals surface area contributed by atoms with Gasteiger partial charge in [0.25, 0.3) is 0 Å². The molecule has 2 atom stereocenters. The highest BCUT2D eigenvalue weighted by molar-refractivity contribution is 7.89. The number of hydrogen-bond acceptors (Lipinski definition) is 3. The van der Waals surface area contributed by atoms with Crippen LogP contribution in [0.3, 0.4) is 0 Å². The van der Waals surface area contributed by atoms with Gasteiger partial charge in [-0.05, 0) is 37.8 Å². The Balaban J connectivity index is 2.35. The van der Waals surface area contributed by atoms with Crippen LogP contribution in [0.5, 0.6) is 0 Å². The summed E-state index contributed by atoms with van der Waals surface area (Å²) in [6.07, 6.45) is -0.0893. The molecule has 1 N–H and O–H groups in total. The Hall–Kier alpha value is -1.05. The Morgan fingerprint density at radius 3 is 2.55 bits per heavy atom. The molecule has 1 heterocycles. The second-order valence-electron chi connectivity index (χ2n) is 5.18. The zero-order valence-electron chi connectivity index (χ0n) is 11.3. The number of halogens is 2. The lowest BCUT2D eigenvalue weighted by atomic mass is 10.0. The summed E-state index contributed by atoms with van der Waals surface area (Å²) in [5.41, 5.74) is 0.0799. The number of rotatable bonds is 3. The molecule has 20 heavy (non-hydrogen) atoms. The molecule has 1 fully saturated rings. The summed E-state index contributed by atoms with van der Waals surface area (Å²) < 4.78 is 52.8. The standard InChI is InChI=1S/C13H17F2NO3S/c1-8-5-13(12(15)6-11(8)14)20(18,19)16-4-3-10(7-16)9(2)17/h5-6,9-10,17H,3-4,7H2,1-2H3. The fourth-order valence-corrected chi connectivity index (χ4v) is 3.98. The molecule has 0 aromatic heterocycles. The van der Waals surface area contributed by atoms with Crippen molar-refractivity contribution in [2.45, 2.75) is 31.3 Å². The van der Waals surface area contributed by atoms with Gasteiger partial charge < -0.3 is 5.11 Å². The van der Waals surface area contributed by atoms with Gasteiger partial charge in [0.15, 0.2) is 0 Å². The van der Waals surface area contributed by atoms with Crippen molar-refractivity contribution in [3.63, 3.8) is 0 Å². The minimum absolute atomic E-state index is 0.0799. The summed E-state index contributed by atoms with van der Waals surface area (Å²) in [5, 5.41) is 9.50. The first-order chi connectivity index (χ1) is 9.23. The molecule has 2 rings (SSSR count). The molecule has 7 heteroatoms. The first-order valence-corrected chi connectivity index (χ1v) is 7.81. The van der Waals surface area contributed by atoms with Crippen molar-refractivity contribution in [3.8, 4) is 0 Å². The molecule has 1 aromatic carbocycles. The van der Waals surface area contributed by atoms with Gasteiger partial charge in [-0.2, -0.15) is 4.31 Å². The maximum atomic E-state index is 13.7. The molecule has 1 saturated heterocycles. The van der Waals surface area contributed by atoms with Crippen LogP contribution in [-0.2, 0) is 10.0 Å². The average Bonchev–Trinajstić information content (AvgIpc) is 2.83. The number of aliphatic hydroxyl groups is 1. The molecule has 1 aliphatic rings. The summed E-state index contributed by atoms with van der Waals surface area (Å²) >= 11 is 0. The molecule has 0 amide bonds. The predicted octanol–water partition coefficient (Wildman–Crippen LogP) is 1.66. The van der Waals surface area contributed by atoms with E-state index in [1.54, 1.807) is 6.92 Å². The molecular weight excluding hydrogens is 288 g/mol. The number of aryl methyl sites for hydroxylation is 1. The molecule has 1 aliphatic heterocycles. The Labute approximate surface area is 117 Å². The van der Waals surface area contributed by atoms with E-state index in [0.29, 0.717) is 12.5 Å². The quantitative estimate of drug-likeness (QED) is 0.924. The summed E-state index contributed by atoms with van der Waals surface area (Å²) in [7, 11) is -3.99. The summed E-state index contributed by atoms with van der Waals surface area (Å²) in [6, 6.07) is 1.60. The topological polar surface area (TPSA) is 57.6 Å². The van der Waals surface area contributed by atoms with E-state index in [9.17, 15) is 22.3 Å². The van der Waals surface area contributed by atoms with Crippen LogP contribution in [0.1, 0.15) is 18.9 Å². The molecule has 4 nitrogen and oxygen atoms in total. The first kappa shape index (κ1) is 15.3. The highest BCUT2D eigenvalue weighted by atomic mass is 32.2. The summed E-state index contributed by atoms with van der Waals surface area (Å²) in [6.45, 7) is 3.36. The fraction of sp³-hybridized carbons (Fsp3) is 0.538. The molecular formula is C13H17F2NO3S. The van der Waals surface area contributed by atoms with Crippen molar-refractivity contribution < 1.29 is 22.3 Å². The zero-order chi connectivity index (χ0) is 15.1. The van der Waals surface area contributed by atoms with Gasteiger partial charge >= 0.3 is 0 Å². The molecule has 0 radical (unpaired) electrons. The Bertz CT molecular complexity index is 616. The second kappa shape index (κ2) is 5.38. The third-order valence-electron chi connectivity index (χ3n) is 3.70. The van der Waals surface area contributed by atoms with Gasteiger partial charge in [-0.3, -0.25) is 0 Å². The Morgan fingerprint density at radius 2 is 2.00 bits per heavy atom. The monoisotopic (exact) mass is 305 g/mol. The molecule has 1 aromatic rings. The first-order valence-electron chi connectivity index (χ1n) is 6.37.